The zero-order valence-electron chi connectivity index (χ0n) is 8.26. The smallest absolute Gasteiger partial charge is 0.125 e. The number of aryl methyl sites for hydroxylation is 1. The average Bonchev–Trinajstić information content (AvgIpc) is 2.65. The highest BCUT2D eigenvalue weighted by Gasteiger charge is 2.17. The quantitative estimate of drug-likeness (QED) is 0.712. The molecule has 1 aliphatic rings. The molecule has 0 aliphatic heterocycles. The Morgan fingerprint density at radius 3 is 3.00 bits per heavy atom. The first kappa shape index (κ1) is 8.65. The molecule has 0 spiro atoms. The van der Waals surface area contributed by atoms with E-state index in [1.54, 1.807) is 6.07 Å². The van der Waals surface area contributed by atoms with Crippen LogP contribution >= 0.6 is 0 Å². The highest BCUT2D eigenvalue weighted by atomic mass is 19.1. The van der Waals surface area contributed by atoms with Gasteiger partial charge in [-0.15, -0.1) is 0 Å². The lowest BCUT2D eigenvalue weighted by Gasteiger charge is -2.07. The van der Waals surface area contributed by atoms with Crippen molar-refractivity contribution < 1.29 is 4.39 Å². The molecule has 0 unspecified atom stereocenters. The van der Waals surface area contributed by atoms with Crippen LogP contribution in [-0.4, -0.2) is 4.98 Å². The average molecular weight is 202 g/mol. The Morgan fingerprint density at radius 1 is 1.27 bits per heavy atom. The Balaban J connectivity index is 2.41. The van der Waals surface area contributed by atoms with E-state index in [9.17, 15) is 4.39 Å². The predicted octanol–water partition coefficient (Wildman–Crippen LogP) is 2.44. The van der Waals surface area contributed by atoms with Crippen LogP contribution < -0.4 is 5.73 Å². The maximum Gasteiger partial charge on any atom is 0.125 e. The van der Waals surface area contributed by atoms with Crippen LogP contribution in [-0.2, 0) is 12.8 Å². The molecule has 0 amide bonds. The van der Waals surface area contributed by atoms with Crippen molar-refractivity contribution in [3.63, 3.8) is 0 Å². The summed E-state index contributed by atoms with van der Waals surface area (Å²) in [7, 11) is 0. The molecule has 3 heteroatoms. The number of hydrogen-bond donors (Lipinski definition) is 1. The Hall–Kier alpha value is -1.64. The van der Waals surface area contributed by atoms with E-state index in [-0.39, 0.29) is 5.82 Å². The minimum absolute atomic E-state index is 0.257. The SMILES string of the molecule is Nc1c2c(nc3cc(F)ccc13)CCC2. The topological polar surface area (TPSA) is 38.9 Å². The van der Waals surface area contributed by atoms with Crippen LogP contribution in [0, 0.1) is 5.82 Å². The fraction of sp³-hybridized carbons (Fsp3) is 0.250. The third-order valence-electron chi connectivity index (χ3n) is 3.02. The molecule has 3 rings (SSSR count). The molecule has 0 radical (unpaired) electrons. The molecule has 76 valence electrons. The third-order valence-corrected chi connectivity index (χ3v) is 3.02. The summed E-state index contributed by atoms with van der Waals surface area (Å²) in [6.07, 6.45) is 3.07. The second kappa shape index (κ2) is 2.92. The van der Waals surface area contributed by atoms with Gasteiger partial charge in [-0.2, -0.15) is 0 Å². The first-order valence-corrected chi connectivity index (χ1v) is 5.12. The molecule has 1 aliphatic carbocycles. The van der Waals surface area contributed by atoms with Crippen LogP contribution in [0.15, 0.2) is 18.2 Å². The number of nitrogen functional groups attached to an aromatic ring is 1. The maximum absolute atomic E-state index is 13.0. The summed E-state index contributed by atoms with van der Waals surface area (Å²) in [5, 5.41) is 0.872. The number of anilines is 1. The number of nitrogens with two attached hydrogens (primary N) is 1. The summed E-state index contributed by atoms with van der Waals surface area (Å²) < 4.78 is 13.0. The molecule has 0 bridgehead atoms. The van der Waals surface area contributed by atoms with Crippen molar-refractivity contribution in [1.82, 2.24) is 4.98 Å². The van der Waals surface area contributed by atoms with Crippen LogP contribution in [0.2, 0.25) is 0 Å². The summed E-state index contributed by atoms with van der Waals surface area (Å²) >= 11 is 0. The summed E-state index contributed by atoms with van der Waals surface area (Å²) in [6, 6.07) is 4.59. The van der Waals surface area contributed by atoms with Gasteiger partial charge < -0.3 is 5.73 Å². The number of fused-ring (bicyclic) bond motifs is 2. The van der Waals surface area contributed by atoms with E-state index >= 15 is 0 Å². The molecule has 2 aromatic rings. The predicted molar refractivity (Wildman–Crippen MR) is 58.1 cm³/mol. The molecule has 0 saturated carbocycles. The Kier molecular flexibility index (Phi) is 1.69. The Morgan fingerprint density at radius 2 is 2.13 bits per heavy atom. The van der Waals surface area contributed by atoms with Gasteiger partial charge in [-0.1, -0.05) is 0 Å². The van der Waals surface area contributed by atoms with Crippen molar-refractivity contribution in [2.24, 2.45) is 0 Å². The number of rotatable bonds is 0. The van der Waals surface area contributed by atoms with E-state index in [0.29, 0.717) is 5.52 Å². The van der Waals surface area contributed by atoms with E-state index in [0.717, 1.165) is 41.6 Å². The van der Waals surface area contributed by atoms with Gasteiger partial charge in [0.15, 0.2) is 0 Å². The number of benzene rings is 1. The molecule has 1 heterocycles. The van der Waals surface area contributed by atoms with Crippen LogP contribution in [0.5, 0.6) is 0 Å². The first-order chi connectivity index (χ1) is 7.25. The van der Waals surface area contributed by atoms with Gasteiger partial charge in [0.1, 0.15) is 5.82 Å². The van der Waals surface area contributed by atoms with Crippen molar-refractivity contribution in [3.05, 3.63) is 35.3 Å². The normalized spacial score (nSPS) is 14.5. The fourth-order valence-corrected chi connectivity index (χ4v) is 2.27. The van der Waals surface area contributed by atoms with E-state index < -0.39 is 0 Å². The highest BCUT2D eigenvalue weighted by molar-refractivity contribution is 5.92. The Labute approximate surface area is 86.9 Å². The second-order valence-electron chi connectivity index (χ2n) is 3.97. The van der Waals surface area contributed by atoms with E-state index in [2.05, 4.69) is 4.98 Å². The first-order valence-electron chi connectivity index (χ1n) is 5.12. The van der Waals surface area contributed by atoms with Crippen molar-refractivity contribution in [1.29, 1.82) is 0 Å². The molecule has 15 heavy (non-hydrogen) atoms. The van der Waals surface area contributed by atoms with Crippen LogP contribution in [0.25, 0.3) is 10.9 Å². The van der Waals surface area contributed by atoms with Crippen LogP contribution in [0.3, 0.4) is 0 Å². The third kappa shape index (κ3) is 1.19. The standard InChI is InChI=1S/C12H11FN2/c13-7-4-5-9-11(6-7)15-10-3-1-2-8(10)12(9)14/h4-6H,1-3H2,(H2,14,15). The van der Waals surface area contributed by atoms with Crippen molar-refractivity contribution in [2.75, 3.05) is 5.73 Å². The van der Waals surface area contributed by atoms with Crippen LogP contribution in [0.1, 0.15) is 17.7 Å². The summed E-state index contributed by atoms with van der Waals surface area (Å²) in [4.78, 5) is 4.46. The molecule has 2 N–H and O–H groups in total. The van der Waals surface area contributed by atoms with Gasteiger partial charge in [-0.3, -0.25) is 4.98 Å². The molecule has 0 fully saturated rings. The zero-order valence-corrected chi connectivity index (χ0v) is 8.26. The van der Waals surface area contributed by atoms with Gasteiger partial charge in [0.05, 0.1) is 5.52 Å². The number of nitrogens with zero attached hydrogens (tertiary/aromatic N) is 1. The largest absolute Gasteiger partial charge is 0.398 e. The molecular weight excluding hydrogens is 191 g/mol. The van der Waals surface area contributed by atoms with Gasteiger partial charge in [-0.25, -0.2) is 4.39 Å². The number of hydrogen-bond acceptors (Lipinski definition) is 2. The molecule has 2 nitrogen and oxygen atoms in total. The summed E-state index contributed by atoms with van der Waals surface area (Å²) in [6.45, 7) is 0. The fourth-order valence-electron chi connectivity index (χ4n) is 2.27. The zero-order chi connectivity index (χ0) is 10.4. The molecule has 0 atom stereocenters. The van der Waals surface area contributed by atoms with Gasteiger partial charge in [0.2, 0.25) is 0 Å². The van der Waals surface area contributed by atoms with Crippen LogP contribution in [0.4, 0.5) is 10.1 Å². The van der Waals surface area contributed by atoms with Gasteiger partial charge in [0, 0.05) is 22.8 Å². The lowest BCUT2D eigenvalue weighted by molar-refractivity contribution is 0.629. The summed E-state index contributed by atoms with van der Waals surface area (Å²) in [5.41, 5.74) is 9.72. The van der Waals surface area contributed by atoms with E-state index in [1.165, 1.54) is 12.1 Å². The van der Waals surface area contributed by atoms with Crippen molar-refractivity contribution in [3.8, 4) is 0 Å². The van der Waals surface area contributed by atoms with Crippen molar-refractivity contribution in [2.45, 2.75) is 19.3 Å². The van der Waals surface area contributed by atoms with Gasteiger partial charge >= 0.3 is 0 Å². The number of pyridine rings is 1. The molecule has 0 saturated heterocycles. The Bertz CT molecular complexity index is 549. The molecular formula is C12H11FN2. The number of aromatic nitrogens is 1. The maximum atomic E-state index is 13.0. The molecule has 1 aromatic carbocycles. The van der Waals surface area contributed by atoms with Gasteiger partial charge in [0.25, 0.3) is 0 Å². The highest BCUT2D eigenvalue weighted by Crippen LogP contribution is 2.31. The van der Waals surface area contributed by atoms with E-state index in [1.807, 2.05) is 0 Å². The van der Waals surface area contributed by atoms with Crippen molar-refractivity contribution >= 4 is 16.6 Å². The van der Waals surface area contributed by atoms with Gasteiger partial charge in [-0.05, 0) is 37.0 Å². The minimum atomic E-state index is -0.257. The monoisotopic (exact) mass is 202 g/mol. The number of halogens is 1. The van der Waals surface area contributed by atoms with E-state index in [4.69, 9.17) is 5.73 Å². The molecule has 1 aromatic heterocycles. The lowest BCUT2D eigenvalue weighted by atomic mass is 10.1. The minimum Gasteiger partial charge on any atom is -0.398 e. The lowest BCUT2D eigenvalue weighted by Crippen LogP contribution is -1.98. The second-order valence-corrected chi connectivity index (χ2v) is 3.97. The summed E-state index contributed by atoms with van der Waals surface area (Å²) in [5.74, 6) is -0.257.